The van der Waals surface area contributed by atoms with Gasteiger partial charge in [-0.3, -0.25) is 14.4 Å². The van der Waals surface area contributed by atoms with Gasteiger partial charge in [0.25, 0.3) is 5.91 Å². The second-order valence-corrected chi connectivity index (χ2v) is 9.53. The molecule has 0 saturated carbocycles. The van der Waals surface area contributed by atoms with Crippen molar-refractivity contribution in [3.05, 3.63) is 89.0 Å². The van der Waals surface area contributed by atoms with E-state index >= 15 is 0 Å². The average Bonchev–Trinajstić information content (AvgIpc) is 3.41. The van der Waals surface area contributed by atoms with Crippen LogP contribution in [0.4, 0.5) is 5.69 Å². The lowest BCUT2D eigenvalue weighted by Crippen LogP contribution is -2.43. The zero-order valence-corrected chi connectivity index (χ0v) is 23.1. The maximum absolute atomic E-state index is 14.1. The average molecular weight is 546 g/mol. The highest BCUT2D eigenvalue weighted by molar-refractivity contribution is 5.98. The van der Waals surface area contributed by atoms with Gasteiger partial charge in [-0.05, 0) is 67.8 Å². The van der Waals surface area contributed by atoms with Gasteiger partial charge >= 0.3 is 0 Å². The van der Waals surface area contributed by atoms with Gasteiger partial charge < -0.3 is 29.7 Å². The fourth-order valence-corrected chi connectivity index (χ4v) is 4.43. The van der Waals surface area contributed by atoms with E-state index in [2.05, 4.69) is 10.6 Å². The fraction of sp³-hybridized carbons (Fsp3) is 0.323. The first-order valence-electron chi connectivity index (χ1n) is 13.3. The maximum atomic E-state index is 14.1. The Morgan fingerprint density at radius 2 is 1.70 bits per heavy atom. The normalized spacial score (nSPS) is 12.5. The number of hydrogen-bond acceptors (Lipinski definition) is 6. The highest BCUT2D eigenvalue weighted by atomic mass is 16.7. The van der Waals surface area contributed by atoms with E-state index in [1.54, 1.807) is 35.2 Å². The van der Waals surface area contributed by atoms with Crippen LogP contribution in [0.25, 0.3) is 0 Å². The number of carbonyl (C=O) groups excluding carboxylic acids is 3. The summed E-state index contributed by atoms with van der Waals surface area (Å²) in [5.41, 5.74) is 3.48. The molecule has 3 aromatic carbocycles. The Morgan fingerprint density at radius 1 is 0.975 bits per heavy atom. The van der Waals surface area contributed by atoms with Gasteiger partial charge in [-0.1, -0.05) is 35.9 Å². The van der Waals surface area contributed by atoms with Gasteiger partial charge in [0, 0.05) is 44.5 Å². The van der Waals surface area contributed by atoms with Gasteiger partial charge in [0.2, 0.25) is 18.6 Å². The number of ether oxygens (including phenoxy) is 3. The molecule has 1 heterocycles. The van der Waals surface area contributed by atoms with Crippen molar-refractivity contribution in [1.82, 2.24) is 10.2 Å². The minimum Gasteiger partial charge on any atom is -0.454 e. The molecule has 0 bridgehead atoms. The minimum atomic E-state index is -0.902. The van der Waals surface area contributed by atoms with Crippen LogP contribution in [0.15, 0.2) is 66.7 Å². The van der Waals surface area contributed by atoms with E-state index in [9.17, 15) is 14.4 Å². The standard InChI is InChI=1S/C31H35N3O6/c1-4-38-17-5-16-32-30(36)29(24-9-6-21(2)7-10-24)34(19-23-8-15-27-28(18-23)40-20-39-27)31(37)25-11-13-26(14-12-25)33-22(3)35/h6-15,18,29H,4-5,16-17,19-20H2,1-3H3,(H,32,36)(H,33,35). The van der Waals surface area contributed by atoms with E-state index < -0.39 is 6.04 Å². The summed E-state index contributed by atoms with van der Waals surface area (Å²) in [6.45, 7) is 7.16. The predicted octanol–water partition coefficient (Wildman–Crippen LogP) is 4.61. The molecule has 1 aliphatic heterocycles. The lowest BCUT2D eigenvalue weighted by molar-refractivity contribution is -0.126. The molecule has 9 heteroatoms. The molecule has 0 saturated heterocycles. The quantitative estimate of drug-likeness (QED) is 0.322. The molecule has 1 atom stereocenters. The molecule has 2 N–H and O–H groups in total. The number of amides is 3. The van der Waals surface area contributed by atoms with Crippen molar-refractivity contribution < 1.29 is 28.6 Å². The Labute approximate surface area is 234 Å². The van der Waals surface area contributed by atoms with E-state index in [4.69, 9.17) is 14.2 Å². The van der Waals surface area contributed by atoms with Crippen LogP contribution >= 0.6 is 0 Å². The maximum Gasteiger partial charge on any atom is 0.255 e. The zero-order valence-electron chi connectivity index (χ0n) is 23.1. The lowest BCUT2D eigenvalue weighted by atomic mass is 10.00. The van der Waals surface area contributed by atoms with Crippen molar-refractivity contribution >= 4 is 23.4 Å². The van der Waals surface area contributed by atoms with Crippen LogP contribution in [-0.2, 0) is 20.9 Å². The molecule has 9 nitrogen and oxygen atoms in total. The topological polar surface area (TPSA) is 106 Å². The number of nitrogens with one attached hydrogen (secondary N) is 2. The Bertz CT molecular complexity index is 1320. The molecule has 3 amide bonds. The number of benzene rings is 3. The third-order valence-electron chi connectivity index (χ3n) is 6.42. The van der Waals surface area contributed by atoms with E-state index in [1.165, 1.54) is 6.92 Å². The van der Waals surface area contributed by atoms with Gasteiger partial charge in [0.05, 0.1) is 0 Å². The number of aryl methyl sites for hydroxylation is 1. The van der Waals surface area contributed by atoms with Gasteiger partial charge in [0.1, 0.15) is 6.04 Å². The predicted molar refractivity (Wildman–Crippen MR) is 151 cm³/mol. The molecule has 210 valence electrons. The summed E-state index contributed by atoms with van der Waals surface area (Å²) in [7, 11) is 0. The summed E-state index contributed by atoms with van der Waals surface area (Å²) in [5.74, 6) is 0.407. The summed E-state index contributed by atoms with van der Waals surface area (Å²) in [6.07, 6.45) is 0.654. The van der Waals surface area contributed by atoms with Crippen LogP contribution in [0.3, 0.4) is 0 Å². The van der Waals surface area contributed by atoms with Gasteiger partial charge in [-0.25, -0.2) is 0 Å². The first-order valence-corrected chi connectivity index (χ1v) is 13.3. The van der Waals surface area contributed by atoms with Crippen LogP contribution in [0, 0.1) is 6.92 Å². The van der Waals surface area contributed by atoms with Crippen LogP contribution in [-0.4, -0.2) is 49.2 Å². The van der Waals surface area contributed by atoms with E-state index in [0.717, 1.165) is 11.1 Å². The molecule has 0 radical (unpaired) electrons. The second-order valence-electron chi connectivity index (χ2n) is 9.53. The van der Waals surface area contributed by atoms with Crippen LogP contribution < -0.4 is 20.1 Å². The number of fused-ring (bicyclic) bond motifs is 1. The van der Waals surface area contributed by atoms with Gasteiger partial charge in [0.15, 0.2) is 11.5 Å². The smallest absolute Gasteiger partial charge is 0.255 e. The van der Waals surface area contributed by atoms with E-state index in [-0.39, 0.29) is 31.1 Å². The number of rotatable bonds is 12. The van der Waals surface area contributed by atoms with Gasteiger partial charge in [-0.15, -0.1) is 0 Å². The number of carbonyl (C=O) groups is 3. The summed E-state index contributed by atoms with van der Waals surface area (Å²) in [4.78, 5) is 40.9. The molecule has 4 rings (SSSR count). The molecule has 3 aromatic rings. The second kappa shape index (κ2) is 13.6. The molecule has 40 heavy (non-hydrogen) atoms. The molecule has 0 aliphatic carbocycles. The van der Waals surface area contributed by atoms with Crippen molar-refractivity contribution in [1.29, 1.82) is 0 Å². The molecular formula is C31H35N3O6. The summed E-state index contributed by atoms with van der Waals surface area (Å²) >= 11 is 0. The number of anilines is 1. The molecular weight excluding hydrogens is 510 g/mol. The Kier molecular flexibility index (Phi) is 9.75. The van der Waals surface area contributed by atoms with E-state index in [0.29, 0.717) is 54.5 Å². The Balaban J connectivity index is 1.69. The molecule has 0 spiro atoms. The lowest BCUT2D eigenvalue weighted by Gasteiger charge is -2.32. The summed E-state index contributed by atoms with van der Waals surface area (Å²) in [5, 5.41) is 5.70. The SMILES string of the molecule is CCOCCCNC(=O)C(c1ccc(C)cc1)N(Cc1ccc2c(c1)OCO2)C(=O)c1ccc(NC(C)=O)cc1. The largest absolute Gasteiger partial charge is 0.454 e. The summed E-state index contributed by atoms with van der Waals surface area (Å²) < 4.78 is 16.4. The first-order chi connectivity index (χ1) is 19.4. The van der Waals surface area contributed by atoms with Crippen molar-refractivity contribution in [2.75, 3.05) is 31.9 Å². The fourth-order valence-electron chi connectivity index (χ4n) is 4.43. The summed E-state index contributed by atoms with van der Waals surface area (Å²) in [6, 6.07) is 18.8. The van der Waals surface area contributed by atoms with Crippen molar-refractivity contribution in [2.24, 2.45) is 0 Å². The van der Waals surface area contributed by atoms with Crippen molar-refractivity contribution in [2.45, 2.75) is 39.8 Å². The third kappa shape index (κ3) is 7.39. The molecule has 1 aliphatic rings. The number of hydrogen-bond donors (Lipinski definition) is 2. The molecule has 0 aromatic heterocycles. The monoisotopic (exact) mass is 545 g/mol. The van der Waals surface area contributed by atoms with Crippen LogP contribution in [0.1, 0.15) is 53.4 Å². The van der Waals surface area contributed by atoms with Crippen LogP contribution in [0.2, 0.25) is 0 Å². The minimum absolute atomic E-state index is 0.137. The van der Waals surface area contributed by atoms with E-state index in [1.807, 2.05) is 50.2 Å². The highest BCUT2D eigenvalue weighted by Crippen LogP contribution is 2.34. The number of nitrogens with zero attached hydrogens (tertiary/aromatic N) is 1. The van der Waals surface area contributed by atoms with Crippen molar-refractivity contribution in [3.63, 3.8) is 0 Å². The Morgan fingerprint density at radius 3 is 2.40 bits per heavy atom. The van der Waals surface area contributed by atoms with Gasteiger partial charge in [-0.2, -0.15) is 0 Å². The van der Waals surface area contributed by atoms with Crippen LogP contribution in [0.5, 0.6) is 11.5 Å². The third-order valence-corrected chi connectivity index (χ3v) is 6.42. The van der Waals surface area contributed by atoms with Crippen molar-refractivity contribution in [3.8, 4) is 11.5 Å². The highest BCUT2D eigenvalue weighted by Gasteiger charge is 2.32. The molecule has 1 unspecified atom stereocenters. The first kappa shape index (κ1) is 28.6. The Hall–Kier alpha value is -4.37. The zero-order chi connectivity index (χ0) is 28.5. The molecule has 0 fully saturated rings.